The molecule has 0 aliphatic heterocycles. The van der Waals surface area contributed by atoms with Gasteiger partial charge in [-0.05, 0) is 30.0 Å². The van der Waals surface area contributed by atoms with Gasteiger partial charge in [-0.15, -0.1) is 10.2 Å². The fraction of sp³-hybridized carbons (Fsp3) is 0.167. The molecule has 0 atom stereocenters. The summed E-state index contributed by atoms with van der Waals surface area (Å²) in [5, 5.41) is 13.5. The van der Waals surface area contributed by atoms with Crippen molar-refractivity contribution in [3.8, 4) is 11.1 Å². The molecule has 3 heterocycles. The highest BCUT2D eigenvalue weighted by molar-refractivity contribution is 5.84. The second-order valence-corrected chi connectivity index (χ2v) is 7.26. The van der Waals surface area contributed by atoms with E-state index in [1.807, 2.05) is 60.8 Å². The van der Waals surface area contributed by atoms with E-state index in [0.29, 0.717) is 23.2 Å². The number of rotatable bonds is 5. The van der Waals surface area contributed by atoms with Crippen LogP contribution in [0.4, 0.5) is 0 Å². The molecule has 0 aliphatic rings. The van der Waals surface area contributed by atoms with E-state index >= 15 is 0 Å². The summed E-state index contributed by atoms with van der Waals surface area (Å²) in [5.74, 6) is 0. The van der Waals surface area contributed by atoms with Gasteiger partial charge < -0.3 is 4.57 Å². The Kier molecular flexibility index (Phi) is 4.59. The monoisotopic (exact) mass is 395 g/mol. The number of nitrogens with zero attached hydrogens (tertiary/aromatic N) is 5. The molecule has 0 amide bonds. The third-order valence-electron chi connectivity index (χ3n) is 5.41. The Morgan fingerprint density at radius 3 is 2.37 bits per heavy atom. The molecule has 5 aromatic rings. The molecule has 0 fully saturated rings. The smallest absolute Gasteiger partial charge is 0.280 e. The first-order chi connectivity index (χ1) is 14.8. The molecule has 0 saturated carbocycles. The Morgan fingerprint density at radius 2 is 1.63 bits per heavy atom. The summed E-state index contributed by atoms with van der Waals surface area (Å²) in [5.41, 5.74) is 5.70. The van der Waals surface area contributed by atoms with Crippen LogP contribution in [-0.4, -0.2) is 24.4 Å². The molecular weight excluding hydrogens is 374 g/mol. The fourth-order valence-electron chi connectivity index (χ4n) is 3.85. The molecule has 0 spiro atoms. The zero-order valence-corrected chi connectivity index (χ0v) is 16.7. The number of fused-ring (bicyclic) bond motifs is 3. The van der Waals surface area contributed by atoms with E-state index < -0.39 is 0 Å². The highest BCUT2D eigenvalue weighted by atomic mass is 16.1. The van der Waals surface area contributed by atoms with Gasteiger partial charge in [0.05, 0.1) is 11.3 Å². The van der Waals surface area contributed by atoms with Crippen LogP contribution in [0, 0.1) is 0 Å². The van der Waals surface area contributed by atoms with E-state index in [2.05, 4.69) is 29.3 Å². The van der Waals surface area contributed by atoms with E-state index in [1.54, 1.807) is 9.08 Å². The molecule has 5 rings (SSSR count). The van der Waals surface area contributed by atoms with Gasteiger partial charge in [0.25, 0.3) is 5.56 Å². The fourth-order valence-corrected chi connectivity index (χ4v) is 3.85. The van der Waals surface area contributed by atoms with Crippen molar-refractivity contribution in [2.75, 3.05) is 0 Å². The highest BCUT2D eigenvalue weighted by Gasteiger charge is 2.18. The van der Waals surface area contributed by atoms with Crippen molar-refractivity contribution in [2.45, 2.75) is 26.3 Å². The normalized spacial score (nSPS) is 11.4. The predicted octanol–water partition coefficient (Wildman–Crippen LogP) is 3.91. The van der Waals surface area contributed by atoms with E-state index in [-0.39, 0.29) is 5.56 Å². The molecule has 148 valence electrons. The molecule has 30 heavy (non-hydrogen) atoms. The average molecular weight is 395 g/mol. The summed E-state index contributed by atoms with van der Waals surface area (Å²) in [7, 11) is 0. The van der Waals surface area contributed by atoms with Crippen molar-refractivity contribution in [1.82, 2.24) is 24.4 Å². The van der Waals surface area contributed by atoms with Crippen LogP contribution in [-0.2, 0) is 19.4 Å². The first kappa shape index (κ1) is 18.2. The minimum atomic E-state index is -0.146. The predicted molar refractivity (Wildman–Crippen MR) is 118 cm³/mol. The molecule has 0 unspecified atom stereocenters. The third-order valence-corrected chi connectivity index (χ3v) is 5.41. The largest absolute Gasteiger partial charge is 0.313 e. The van der Waals surface area contributed by atoms with Gasteiger partial charge in [0.15, 0.2) is 11.2 Å². The highest BCUT2D eigenvalue weighted by Crippen LogP contribution is 2.28. The molecule has 0 saturated heterocycles. The Labute approximate surface area is 173 Å². The van der Waals surface area contributed by atoms with Gasteiger partial charge >= 0.3 is 0 Å². The van der Waals surface area contributed by atoms with Crippen molar-refractivity contribution in [2.24, 2.45) is 0 Å². The van der Waals surface area contributed by atoms with Gasteiger partial charge in [0.1, 0.15) is 5.52 Å². The summed E-state index contributed by atoms with van der Waals surface area (Å²) >= 11 is 0. The number of hydrogen-bond donors (Lipinski definition) is 0. The SMILES string of the molecule is CCc1nn2c(nnc3c(=O)n(CCc4ccccc4)ccc32)c1-c1ccccc1. The summed E-state index contributed by atoms with van der Waals surface area (Å²) in [6, 6.07) is 22.1. The Hall–Kier alpha value is -3.80. The molecule has 0 N–H and O–H groups in total. The van der Waals surface area contributed by atoms with Crippen molar-refractivity contribution in [3.63, 3.8) is 0 Å². The second-order valence-electron chi connectivity index (χ2n) is 7.26. The van der Waals surface area contributed by atoms with Crippen molar-refractivity contribution < 1.29 is 0 Å². The van der Waals surface area contributed by atoms with Crippen molar-refractivity contribution in [1.29, 1.82) is 0 Å². The Bertz CT molecular complexity index is 1390. The number of aromatic nitrogens is 5. The third kappa shape index (κ3) is 3.06. The lowest BCUT2D eigenvalue weighted by Gasteiger charge is -2.07. The first-order valence-electron chi connectivity index (χ1n) is 10.1. The van der Waals surface area contributed by atoms with E-state index in [9.17, 15) is 4.79 Å². The topological polar surface area (TPSA) is 65.1 Å². The number of aryl methyl sites for hydroxylation is 3. The van der Waals surface area contributed by atoms with Gasteiger partial charge in [-0.1, -0.05) is 67.6 Å². The maximum absolute atomic E-state index is 13.0. The minimum absolute atomic E-state index is 0.146. The van der Waals surface area contributed by atoms with Gasteiger partial charge in [-0.3, -0.25) is 4.79 Å². The number of pyridine rings is 1. The Morgan fingerprint density at radius 1 is 0.900 bits per heavy atom. The molecule has 0 radical (unpaired) electrons. The quantitative estimate of drug-likeness (QED) is 0.453. The van der Waals surface area contributed by atoms with Crippen LogP contribution in [0.5, 0.6) is 0 Å². The first-order valence-corrected chi connectivity index (χ1v) is 10.1. The minimum Gasteiger partial charge on any atom is -0.313 e. The van der Waals surface area contributed by atoms with Crippen molar-refractivity contribution in [3.05, 3.63) is 94.5 Å². The molecule has 6 nitrogen and oxygen atoms in total. The van der Waals surface area contributed by atoms with Crippen molar-refractivity contribution >= 4 is 16.7 Å². The molecule has 0 bridgehead atoms. The zero-order chi connectivity index (χ0) is 20.5. The summed E-state index contributed by atoms with van der Waals surface area (Å²) in [6.45, 7) is 2.66. The standard InChI is InChI=1S/C24H21N5O/c1-2-19-21(18-11-7-4-8-12-18)23-26-25-22-20(29(23)27-19)14-16-28(24(22)30)15-13-17-9-5-3-6-10-17/h3-12,14,16H,2,13,15H2,1H3. The number of hydrogen-bond acceptors (Lipinski definition) is 4. The van der Waals surface area contributed by atoms with Crippen LogP contribution in [0.2, 0.25) is 0 Å². The summed E-state index contributed by atoms with van der Waals surface area (Å²) in [6.07, 6.45) is 3.37. The maximum Gasteiger partial charge on any atom is 0.280 e. The molecular formula is C24H21N5O. The van der Waals surface area contributed by atoms with Crippen LogP contribution >= 0.6 is 0 Å². The van der Waals surface area contributed by atoms with Gasteiger partial charge in [0.2, 0.25) is 0 Å². The second kappa shape index (κ2) is 7.55. The maximum atomic E-state index is 13.0. The van der Waals surface area contributed by atoms with Crippen LogP contribution < -0.4 is 5.56 Å². The van der Waals surface area contributed by atoms with E-state index in [4.69, 9.17) is 5.10 Å². The lowest BCUT2D eigenvalue weighted by molar-refractivity contribution is 0.671. The van der Waals surface area contributed by atoms with Gasteiger partial charge in [-0.25, -0.2) is 4.52 Å². The van der Waals surface area contributed by atoms with Gasteiger partial charge in [0, 0.05) is 12.7 Å². The van der Waals surface area contributed by atoms with Crippen LogP contribution in [0.1, 0.15) is 18.2 Å². The summed E-state index contributed by atoms with van der Waals surface area (Å²) < 4.78 is 3.45. The molecule has 6 heteroatoms. The Balaban J connectivity index is 1.62. The van der Waals surface area contributed by atoms with Gasteiger partial charge in [-0.2, -0.15) is 5.10 Å². The number of benzene rings is 2. The lowest BCUT2D eigenvalue weighted by atomic mass is 10.0. The lowest BCUT2D eigenvalue weighted by Crippen LogP contribution is -2.22. The van der Waals surface area contributed by atoms with E-state index in [1.165, 1.54) is 5.56 Å². The molecule has 2 aromatic carbocycles. The molecule has 0 aliphatic carbocycles. The van der Waals surface area contributed by atoms with Crippen LogP contribution in [0.25, 0.3) is 27.8 Å². The molecule has 3 aromatic heterocycles. The zero-order valence-electron chi connectivity index (χ0n) is 16.7. The van der Waals surface area contributed by atoms with Crippen LogP contribution in [0.15, 0.2) is 77.7 Å². The average Bonchev–Trinajstić information content (AvgIpc) is 3.19. The van der Waals surface area contributed by atoms with E-state index in [0.717, 1.165) is 29.7 Å². The summed E-state index contributed by atoms with van der Waals surface area (Å²) in [4.78, 5) is 13.0. The van der Waals surface area contributed by atoms with Crippen LogP contribution in [0.3, 0.4) is 0 Å².